The van der Waals surface area contributed by atoms with Gasteiger partial charge in [-0.1, -0.05) is 25.7 Å². The van der Waals surface area contributed by atoms with E-state index in [1.807, 2.05) is 0 Å². The zero-order chi connectivity index (χ0) is 18.2. The molecular weight excluding hydrogens is 338 g/mol. The van der Waals surface area contributed by atoms with Gasteiger partial charge in [-0.05, 0) is 33.1 Å². The van der Waals surface area contributed by atoms with Crippen LogP contribution in [0.5, 0.6) is 0 Å². The number of halogens is 1. The van der Waals surface area contributed by atoms with E-state index in [0.29, 0.717) is 12.3 Å². The second-order valence-corrected chi connectivity index (χ2v) is 7.92. The molecule has 1 fully saturated rings. The molecule has 0 aromatic carbocycles. The quantitative estimate of drug-likeness (QED) is 0.312. The highest BCUT2D eigenvalue weighted by molar-refractivity contribution is 7.57. The van der Waals surface area contributed by atoms with Crippen LogP contribution in [0, 0.1) is 5.92 Å². The maximum atomic E-state index is 15.5. The van der Waals surface area contributed by atoms with Crippen LogP contribution in [0.2, 0.25) is 0 Å². The number of hydrogen-bond acceptors (Lipinski definition) is 6. The first-order valence-corrected chi connectivity index (χ1v) is 10.2. The first kappa shape index (κ1) is 21.3. The third-order valence-corrected chi connectivity index (χ3v) is 6.53. The topological polar surface area (TPSA) is 78.9 Å². The smallest absolute Gasteiger partial charge is 0.387 e. The van der Waals surface area contributed by atoms with E-state index in [-0.39, 0.29) is 26.2 Å². The Hall–Kier alpha value is -0.780. The number of alkyl halides is 1. The lowest BCUT2D eigenvalue weighted by molar-refractivity contribution is -0.157. The second-order valence-electron chi connectivity index (χ2n) is 5.79. The van der Waals surface area contributed by atoms with Crippen LogP contribution >= 0.6 is 7.60 Å². The van der Waals surface area contributed by atoms with Crippen molar-refractivity contribution in [2.24, 2.45) is 5.92 Å². The van der Waals surface area contributed by atoms with Gasteiger partial charge in [0.25, 0.3) is 0 Å². The van der Waals surface area contributed by atoms with Crippen molar-refractivity contribution in [1.82, 2.24) is 0 Å². The van der Waals surface area contributed by atoms with Crippen LogP contribution in [0.15, 0.2) is 0 Å². The molecule has 0 amide bonds. The van der Waals surface area contributed by atoms with Crippen LogP contribution in [0.3, 0.4) is 0 Å². The van der Waals surface area contributed by atoms with Crippen LogP contribution in [0.25, 0.3) is 0 Å². The van der Waals surface area contributed by atoms with E-state index in [2.05, 4.69) is 4.74 Å². The molecule has 1 saturated carbocycles. The van der Waals surface area contributed by atoms with Crippen molar-refractivity contribution in [1.29, 1.82) is 0 Å². The van der Waals surface area contributed by atoms with Crippen molar-refractivity contribution in [3.05, 3.63) is 0 Å². The SMILES string of the molecule is CCOC(=O)C(F)(C(=O)CCC1CCCC1)P(=O)(OCC)OCC. The summed E-state index contributed by atoms with van der Waals surface area (Å²) in [4.78, 5) is 24.7. The molecule has 0 bridgehead atoms. The minimum Gasteiger partial charge on any atom is -0.463 e. The number of rotatable bonds is 11. The standard InChI is InChI=1S/C16H28FO6P/c1-4-21-15(19)16(17,24(20,22-5-2)23-6-3)14(18)12-11-13-9-7-8-10-13/h13H,4-12H2,1-3H3. The van der Waals surface area contributed by atoms with Gasteiger partial charge in [0.15, 0.2) is 5.78 Å². The Bertz CT molecular complexity index is 467. The Labute approximate surface area is 142 Å². The number of hydrogen-bond donors (Lipinski definition) is 0. The van der Waals surface area contributed by atoms with Gasteiger partial charge in [-0.3, -0.25) is 9.36 Å². The molecule has 8 heteroatoms. The highest BCUT2D eigenvalue weighted by Gasteiger charge is 2.64. The summed E-state index contributed by atoms with van der Waals surface area (Å²) in [7, 11) is -4.64. The molecule has 1 aliphatic carbocycles. The lowest BCUT2D eigenvalue weighted by Gasteiger charge is -2.29. The summed E-state index contributed by atoms with van der Waals surface area (Å²) in [6, 6.07) is 0. The van der Waals surface area contributed by atoms with Crippen molar-refractivity contribution < 1.29 is 32.3 Å². The number of esters is 1. The van der Waals surface area contributed by atoms with Crippen LogP contribution in [0.4, 0.5) is 4.39 Å². The van der Waals surface area contributed by atoms with E-state index in [1.165, 1.54) is 20.8 Å². The second kappa shape index (κ2) is 9.64. The fraction of sp³-hybridized carbons (Fsp3) is 0.875. The molecule has 1 atom stereocenters. The van der Waals surface area contributed by atoms with Gasteiger partial charge < -0.3 is 13.8 Å². The number of ether oxygens (including phenoxy) is 1. The summed E-state index contributed by atoms with van der Waals surface area (Å²) < 4.78 is 42.9. The van der Waals surface area contributed by atoms with Gasteiger partial charge in [-0.25, -0.2) is 9.18 Å². The average molecular weight is 366 g/mol. The third-order valence-electron chi connectivity index (χ3n) is 4.15. The summed E-state index contributed by atoms with van der Waals surface area (Å²) in [6.07, 6.45) is 4.43. The highest BCUT2D eigenvalue weighted by Crippen LogP contribution is 2.62. The fourth-order valence-electron chi connectivity index (χ4n) is 2.96. The predicted octanol–water partition coefficient (Wildman–Crippen LogP) is 4.02. The molecule has 0 saturated heterocycles. The molecule has 140 valence electrons. The van der Waals surface area contributed by atoms with Crippen LogP contribution in [0.1, 0.15) is 59.3 Å². The maximum Gasteiger partial charge on any atom is 0.387 e. The van der Waals surface area contributed by atoms with Crippen LogP contribution in [-0.2, 0) is 27.9 Å². The molecule has 1 rings (SSSR count). The fourth-order valence-corrected chi connectivity index (χ4v) is 4.78. The normalized spacial score (nSPS) is 18.3. The first-order chi connectivity index (χ1) is 11.4. The Kier molecular flexibility index (Phi) is 8.54. The minimum atomic E-state index is -4.64. The highest BCUT2D eigenvalue weighted by atomic mass is 31.2. The van der Waals surface area contributed by atoms with E-state index in [0.717, 1.165) is 25.7 Å². The number of carbonyl (C=O) groups is 2. The van der Waals surface area contributed by atoms with Crippen molar-refractivity contribution >= 4 is 19.3 Å². The van der Waals surface area contributed by atoms with Crippen LogP contribution in [-0.4, -0.2) is 37.0 Å². The summed E-state index contributed by atoms with van der Waals surface area (Å²) >= 11 is 0. The Morgan fingerprint density at radius 2 is 1.62 bits per heavy atom. The summed E-state index contributed by atoms with van der Waals surface area (Å²) in [5.74, 6) is -2.25. The third kappa shape index (κ3) is 4.64. The minimum absolute atomic E-state index is 0.140. The molecule has 0 radical (unpaired) electrons. The molecular formula is C16H28FO6P. The molecule has 1 unspecified atom stereocenters. The molecule has 0 aliphatic heterocycles. The summed E-state index contributed by atoms with van der Waals surface area (Å²) in [5, 5.41) is -3.41. The number of Topliss-reactive ketones (excluding diaryl/α,β-unsaturated/α-hetero) is 1. The van der Waals surface area contributed by atoms with Gasteiger partial charge in [0.2, 0.25) is 0 Å². The van der Waals surface area contributed by atoms with Gasteiger partial charge in [-0.2, -0.15) is 0 Å². The van der Waals surface area contributed by atoms with Gasteiger partial charge >= 0.3 is 19.0 Å². The molecule has 6 nitrogen and oxygen atoms in total. The van der Waals surface area contributed by atoms with Crippen molar-refractivity contribution in [3.63, 3.8) is 0 Å². The van der Waals surface area contributed by atoms with E-state index in [4.69, 9.17) is 9.05 Å². The van der Waals surface area contributed by atoms with Gasteiger partial charge in [0.05, 0.1) is 19.8 Å². The molecule has 1 aliphatic rings. The van der Waals surface area contributed by atoms with Crippen molar-refractivity contribution in [2.75, 3.05) is 19.8 Å². The number of carbonyl (C=O) groups excluding carboxylic acids is 2. The monoisotopic (exact) mass is 366 g/mol. The Balaban J connectivity index is 3.04. The van der Waals surface area contributed by atoms with Gasteiger partial charge in [-0.15, -0.1) is 0 Å². The van der Waals surface area contributed by atoms with Crippen molar-refractivity contribution in [2.45, 2.75) is 64.7 Å². The van der Waals surface area contributed by atoms with E-state index in [9.17, 15) is 14.2 Å². The molecule has 0 aromatic heterocycles. The molecule has 0 aromatic rings. The largest absolute Gasteiger partial charge is 0.463 e. The summed E-state index contributed by atoms with van der Waals surface area (Å²) in [5.41, 5.74) is 0. The van der Waals surface area contributed by atoms with E-state index < -0.39 is 24.8 Å². The maximum absolute atomic E-state index is 15.5. The lowest BCUT2D eigenvalue weighted by Crippen LogP contribution is -2.44. The predicted molar refractivity (Wildman–Crippen MR) is 87.5 cm³/mol. The van der Waals surface area contributed by atoms with Gasteiger partial charge in [0, 0.05) is 6.42 Å². The molecule has 0 N–H and O–H groups in total. The first-order valence-electron chi connectivity index (χ1n) is 8.64. The zero-order valence-electron chi connectivity index (χ0n) is 14.7. The van der Waals surface area contributed by atoms with Crippen molar-refractivity contribution in [3.8, 4) is 0 Å². The average Bonchev–Trinajstić information content (AvgIpc) is 3.05. The van der Waals surface area contributed by atoms with E-state index >= 15 is 4.39 Å². The molecule has 0 spiro atoms. The van der Waals surface area contributed by atoms with Crippen LogP contribution < -0.4 is 0 Å². The zero-order valence-corrected chi connectivity index (χ0v) is 15.6. The Morgan fingerprint density at radius 1 is 1.08 bits per heavy atom. The number of ketones is 1. The molecule has 24 heavy (non-hydrogen) atoms. The van der Waals surface area contributed by atoms with Gasteiger partial charge in [0.1, 0.15) is 0 Å². The lowest BCUT2D eigenvalue weighted by atomic mass is 9.98. The summed E-state index contributed by atoms with van der Waals surface area (Å²) in [6.45, 7) is 4.00. The Morgan fingerprint density at radius 3 is 2.08 bits per heavy atom. The molecule has 0 heterocycles. The van der Waals surface area contributed by atoms with E-state index in [1.54, 1.807) is 0 Å².